The van der Waals surface area contributed by atoms with Crippen molar-refractivity contribution in [1.82, 2.24) is 0 Å². The Kier molecular flexibility index (Phi) is 6.03. The molecule has 0 aliphatic heterocycles. The Hall–Kier alpha value is -2.49. The van der Waals surface area contributed by atoms with Crippen LogP contribution in [0.3, 0.4) is 0 Å². The summed E-state index contributed by atoms with van der Waals surface area (Å²) in [6.07, 6.45) is 1.13. The standard InChI is InChI=1S/C19H24N2O2/c1-4-15(3)23-18-10-6-8-16(12-18)20-13-19(22)21-17-9-5-7-14(2)11-17/h5-12,15,20H,4,13H2,1-3H3,(H,21,22). The summed E-state index contributed by atoms with van der Waals surface area (Å²) in [7, 11) is 0. The molecule has 0 spiro atoms. The largest absolute Gasteiger partial charge is 0.491 e. The Morgan fingerprint density at radius 1 is 1.13 bits per heavy atom. The topological polar surface area (TPSA) is 50.4 Å². The Labute approximate surface area is 137 Å². The lowest BCUT2D eigenvalue weighted by Crippen LogP contribution is -2.21. The zero-order chi connectivity index (χ0) is 16.7. The zero-order valence-electron chi connectivity index (χ0n) is 13.9. The van der Waals surface area contributed by atoms with Gasteiger partial charge in [0.1, 0.15) is 5.75 Å². The highest BCUT2D eigenvalue weighted by molar-refractivity contribution is 5.93. The van der Waals surface area contributed by atoms with Gasteiger partial charge in [-0.2, -0.15) is 0 Å². The second-order valence-corrected chi connectivity index (χ2v) is 5.64. The van der Waals surface area contributed by atoms with E-state index < -0.39 is 0 Å². The first-order chi connectivity index (χ1) is 11.1. The number of carbonyl (C=O) groups excluding carboxylic acids is 1. The van der Waals surface area contributed by atoms with Crippen molar-refractivity contribution >= 4 is 17.3 Å². The van der Waals surface area contributed by atoms with Crippen molar-refractivity contribution < 1.29 is 9.53 Å². The summed E-state index contributed by atoms with van der Waals surface area (Å²) >= 11 is 0. The molecule has 2 rings (SSSR count). The number of aryl methyl sites for hydroxylation is 1. The first-order valence-corrected chi connectivity index (χ1v) is 7.94. The van der Waals surface area contributed by atoms with Crippen LogP contribution in [0.1, 0.15) is 25.8 Å². The Morgan fingerprint density at radius 2 is 1.87 bits per heavy atom. The monoisotopic (exact) mass is 312 g/mol. The van der Waals surface area contributed by atoms with E-state index >= 15 is 0 Å². The quantitative estimate of drug-likeness (QED) is 0.804. The van der Waals surface area contributed by atoms with Crippen LogP contribution in [-0.2, 0) is 4.79 Å². The molecule has 1 unspecified atom stereocenters. The maximum Gasteiger partial charge on any atom is 0.243 e. The highest BCUT2D eigenvalue weighted by Crippen LogP contribution is 2.19. The normalized spacial score (nSPS) is 11.6. The van der Waals surface area contributed by atoms with E-state index in [4.69, 9.17) is 4.74 Å². The third-order valence-electron chi connectivity index (χ3n) is 3.50. The van der Waals surface area contributed by atoms with E-state index in [1.54, 1.807) is 0 Å². The fourth-order valence-corrected chi connectivity index (χ4v) is 2.11. The van der Waals surface area contributed by atoms with Gasteiger partial charge in [-0.15, -0.1) is 0 Å². The molecule has 4 heteroatoms. The second kappa shape index (κ2) is 8.22. The van der Waals surface area contributed by atoms with Gasteiger partial charge in [-0.25, -0.2) is 0 Å². The van der Waals surface area contributed by atoms with Crippen molar-refractivity contribution in [2.75, 3.05) is 17.2 Å². The van der Waals surface area contributed by atoms with Crippen LogP contribution in [0.5, 0.6) is 5.75 Å². The molecule has 0 bridgehead atoms. The predicted molar refractivity (Wildman–Crippen MR) is 95.1 cm³/mol. The summed E-state index contributed by atoms with van der Waals surface area (Å²) in [5, 5.41) is 6.00. The van der Waals surface area contributed by atoms with E-state index in [2.05, 4.69) is 17.6 Å². The van der Waals surface area contributed by atoms with Gasteiger partial charge in [0.15, 0.2) is 0 Å². The first kappa shape index (κ1) is 16.9. The molecule has 0 saturated heterocycles. The fraction of sp³-hybridized carbons (Fsp3) is 0.316. The third kappa shape index (κ3) is 5.66. The first-order valence-electron chi connectivity index (χ1n) is 7.94. The van der Waals surface area contributed by atoms with Crippen molar-refractivity contribution in [3.05, 3.63) is 54.1 Å². The highest BCUT2D eigenvalue weighted by atomic mass is 16.5. The molecule has 1 amide bonds. The van der Waals surface area contributed by atoms with E-state index in [0.717, 1.165) is 29.1 Å². The molecule has 2 aromatic rings. The lowest BCUT2D eigenvalue weighted by atomic mass is 10.2. The molecule has 0 fully saturated rings. The minimum Gasteiger partial charge on any atom is -0.491 e. The summed E-state index contributed by atoms with van der Waals surface area (Å²) < 4.78 is 5.78. The van der Waals surface area contributed by atoms with Gasteiger partial charge in [-0.3, -0.25) is 4.79 Å². The average Bonchev–Trinajstić information content (AvgIpc) is 2.53. The summed E-state index contributed by atoms with van der Waals surface area (Å²) in [5.41, 5.74) is 2.79. The van der Waals surface area contributed by atoms with Crippen LogP contribution in [0.25, 0.3) is 0 Å². The molecule has 0 heterocycles. The highest BCUT2D eigenvalue weighted by Gasteiger charge is 2.05. The Bertz CT molecular complexity index is 655. The molecular formula is C19H24N2O2. The molecule has 23 heavy (non-hydrogen) atoms. The molecule has 0 aliphatic carbocycles. The van der Waals surface area contributed by atoms with Gasteiger partial charge in [0.05, 0.1) is 12.6 Å². The molecule has 2 aromatic carbocycles. The molecule has 0 aromatic heterocycles. The lowest BCUT2D eigenvalue weighted by Gasteiger charge is -2.14. The van der Waals surface area contributed by atoms with Gasteiger partial charge in [-0.1, -0.05) is 25.1 Å². The van der Waals surface area contributed by atoms with Crippen molar-refractivity contribution in [3.8, 4) is 5.75 Å². The SMILES string of the molecule is CCC(C)Oc1cccc(NCC(=O)Nc2cccc(C)c2)c1. The smallest absolute Gasteiger partial charge is 0.243 e. The molecule has 2 N–H and O–H groups in total. The summed E-state index contributed by atoms with van der Waals surface area (Å²) in [6.45, 7) is 6.33. The van der Waals surface area contributed by atoms with Crippen molar-refractivity contribution in [2.24, 2.45) is 0 Å². The molecule has 4 nitrogen and oxygen atoms in total. The van der Waals surface area contributed by atoms with E-state index in [9.17, 15) is 4.79 Å². The number of nitrogens with one attached hydrogen (secondary N) is 2. The van der Waals surface area contributed by atoms with Crippen molar-refractivity contribution in [3.63, 3.8) is 0 Å². The van der Waals surface area contributed by atoms with Crippen LogP contribution in [0.4, 0.5) is 11.4 Å². The number of hydrogen-bond donors (Lipinski definition) is 2. The summed E-state index contributed by atoms with van der Waals surface area (Å²) in [4.78, 5) is 12.0. The average molecular weight is 312 g/mol. The van der Waals surface area contributed by atoms with Crippen LogP contribution in [-0.4, -0.2) is 18.6 Å². The maximum atomic E-state index is 12.0. The van der Waals surface area contributed by atoms with Gasteiger partial charge in [0.25, 0.3) is 0 Å². The van der Waals surface area contributed by atoms with E-state index in [1.165, 1.54) is 0 Å². The third-order valence-corrected chi connectivity index (χ3v) is 3.50. The van der Waals surface area contributed by atoms with Gasteiger partial charge in [-0.05, 0) is 50.1 Å². The van der Waals surface area contributed by atoms with Crippen LogP contribution in [0, 0.1) is 6.92 Å². The van der Waals surface area contributed by atoms with Gasteiger partial charge in [0.2, 0.25) is 5.91 Å². The van der Waals surface area contributed by atoms with Crippen LogP contribution >= 0.6 is 0 Å². The molecule has 122 valence electrons. The second-order valence-electron chi connectivity index (χ2n) is 5.64. The predicted octanol–water partition coefficient (Wildman–Crippen LogP) is 4.22. The van der Waals surface area contributed by atoms with Crippen molar-refractivity contribution in [2.45, 2.75) is 33.3 Å². The Balaban J connectivity index is 1.87. The summed E-state index contributed by atoms with van der Waals surface area (Å²) in [6, 6.07) is 15.4. The molecule has 1 atom stereocenters. The van der Waals surface area contributed by atoms with Crippen LogP contribution < -0.4 is 15.4 Å². The van der Waals surface area contributed by atoms with E-state index in [0.29, 0.717) is 0 Å². The fourth-order valence-electron chi connectivity index (χ4n) is 2.11. The molecular weight excluding hydrogens is 288 g/mol. The van der Waals surface area contributed by atoms with E-state index in [-0.39, 0.29) is 18.6 Å². The number of hydrogen-bond acceptors (Lipinski definition) is 3. The van der Waals surface area contributed by atoms with Gasteiger partial charge < -0.3 is 15.4 Å². The van der Waals surface area contributed by atoms with Crippen LogP contribution in [0.15, 0.2) is 48.5 Å². The number of anilines is 2. The summed E-state index contributed by atoms with van der Waals surface area (Å²) in [5.74, 6) is 0.729. The molecule has 0 aliphatic rings. The van der Waals surface area contributed by atoms with Crippen molar-refractivity contribution in [1.29, 1.82) is 0 Å². The van der Waals surface area contributed by atoms with Crippen LogP contribution in [0.2, 0.25) is 0 Å². The molecule has 0 saturated carbocycles. The number of benzene rings is 2. The zero-order valence-corrected chi connectivity index (χ0v) is 13.9. The number of carbonyl (C=O) groups is 1. The minimum atomic E-state index is -0.0798. The number of ether oxygens (including phenoxy) is 1. The minimum absolute atomic E-state index is 0.0798. The number of amides is 1. The van der Waals surface area contributed by atoms with Gasteiger partial charge >= 0.3 is 0 Å². The van der Waals surface area contributed by atoms with Gasteiger partial charge in [0, 0.05) is 17.4 Å². The number of rotatable bonds is 7. The molecule has 0 radical (unpaired) electrons. The Morgan fingerprint density at radius 3 is 2.61 bits per heavy atom. The van der Waals surface area contributed by atoms with E-state index in [1.807, 2.05) is 62.4 Å². The maximum absolute atomic E-state index is 12.0. The lowest BCUT2D eigenvalue weighted by molar-refractivity contribution is -0.114.